The van der Waals surface area contributed by atoms with Gasteiger partial charge in [0.2, 0.25) is 0 Å². The van der Waals surface area contributed by atoms with E-state index in [2.05, 4.69) is 6.92 Å². The van der Waals surface area contributed by atoms with Crippen molar-refractivity contribution >= 4 is 11.9 Å². The summed E-state index contributed by atoms with van der Waals surface area (Å²) in [6.07, 6.45) is 4.79. The molecule has 0 aliphatic rings. The lowest BCUT2D eigenvalue weighted by Gasteiger charge is -2.07. The van der Waals surface area contributed by atoms with Crippen molar-refractivity contribution in [3.05, 3.63) is 35.4 Å². The van der Waals surface area contributed by atoms with Crippen molar-refractivity contribution in [1.82, 2.24) is 0 Å². The Morgan fingerprint density at radius 1 is 0.857 bits per heavy atom. The molecule has 0 spiro atoms. The lowest BCUT2D eigenvalue weighted by Crippen LogP contribution is -2.10. The van der Waals surface area contributed by atoms with Crippen LogP contribution in [0.5, 0.6) is 0 Å². The molecule has 1 aromatic carbocycles. The van der Waals surface area contributed by atoms with Crippen LogP contribution in [0.15, 0.2) is 24.3 Å². The molecule has 0 saturated heterocycles. The number of benzene rings is 1. The number of esters is 2. The van der Waals surface area contributed by atoms with Crippen molar-refractivity contribution in [3.8, 4) is 0 Å². The van der Waals surface area contributed by atoms with E-state index in [9.17, 15) is 9.59 Å². The summed E-state index contributed by atoms with van der Waals surface area (Å²) in [5, 5.41) is 0. The Balaban J connectivity index is 2.54. The molecule has 0 radical (unpaired) electrons. The number of unbranched alkanes of at least 4 members (excludes halogenated alkanes) is 3. The first-order valence-electron chi connectivity index (χ1n) is 7.63. The Morgan fingerprint density at radius 2 is 1.38 bits per heavy atom. The maximum absolute atomic E-state index is 11.9. The smallest absolute Gasteiger partial charge is 0.338 e. The van der Waals surface area contributed by atoms with Gasteiger partial charge >= 0.3 is 11.9 Å². The molecular formula is C17H24O4. The maximum Gasteiger partial charge on any atom is 0.338 e. The molecule has 4 nitrogen and oxygen atoms in total. The van der Waals surface area contributed by atoms with Gasteiger partial charge in [0.15, 0.2) is 0 Å². The van der Waals surface area contributed by atoms with E-state index in [4.69, 9.17) is 9.47 Å². The number of carbonyl (C=O) groups excluding carboxylic acids is 2. The van der Waals surface area contributed by atoms with Gasteiger partial charge in [-0.25, -0.2) is 9.59 Å². The minimum atomic E-state index is -0.399. The topological polar surface area (TPSA) is 52.6 Å². The van der Waals surface area contributed by atoms with Crippen LogP contribution >= 0.6 is 0 Å². The van der Waals surface area contributed by atoms with Gasteiger partial charge in [-0.2, -0.15) is 0 Å². The zero-order valence-corrected chi connectivity index (χ0v) is 12.9. The molecule has 0 aliphatic heterocycles. The van der Waals surface area contributed by atoms with E-state index >= 15 is 0 Å². The zero-order valence-electron chi connectivity index (χ0n) is 12.9. The summed E-state index contributed by atoms with van der Waals surface area (Å²) in [5.74, 6) is -0.793. The molecule has 0 saturated carbocycles. The monoisotopic (exact) mass is 292 g/mol. The molecule has 0 unspecified atom stereocenters. The fraction of sp³-hybridized carbons (Fsp3) is 0.529. The molecule has 21 heavy (non-hydrogen) atoms. The second-order valence-electron chi connectivity index (χ2n) is 4.91. The van der Waals surface area contributed by atoms with Crippen LogP contribution in [0.4, 0.5) is 0 Å². The first-order chi connectivity index (χ1) is 10.2. The molecule has 0 atom stereocenters. The van der Waals surface area contributed by atoms with Gasteiger partial charge < -0.3 is 9.47 Å². The predicted molar refractivity (Wildman–Crippen MR) is 81.4 cm³/mol. The van der Waals surface area contributed by atoms with Crippen LogP contribution in [0.25, 0.3) is 0 Å². The average molecular weight is 292 g/mol. The molecule has 4 heteroatoms. The largest absolute Gasteiger partial charge is 0.462 e. The van der Waals surface area contributed by atoms with E-state index in [1.54, 1.807) is 18.2 Å². The van der Waals surface area contributed by atoms with Crippen LogP contribution in [0.3, 0.4) is 0 Å². The standard InChI is InChI=1S/C17H24O4/c1-3-5-7-12-21-17(19)15-10-8-9-14(13-15)16(18)20-11-6-4-2/h8-10,13H,3-7,11-12H2,1-2H3. The minimum Gasteiger partial charge on any atom is -0.462 e. The van der Waals surface area contributed by atoms with E-state index in [0.717, 1.165) is 32.1 Å². The van der Waals surface area contributed by atoms with Crippen molar-refractivity contribution in [1.29, 1.82) is 0 Å². The lowest BCUT2D eigenvalue weighted by atomic mass is 10.1. The van der Waals surface area contributed by atoms with Gasteiger partial charge in [0.1, 0.15) is 0 Å². The molecule has 116 valence electrons. The SMILES string of the molecule is CCCCCOC(=O)c1cccc(C(=O)OCCCC)c1. The van der Waals surface area contributed by atoms with Crippen LogP contribution in [-0.2, 0) is 9.47 Å². The number of rotatable bonds is 9. The van der Waals surface area contributed by atoms with Gasteiger partial charge in [-0.1, -0.05) is 39.2 Å². The number of hydrogen-bond donors (Lipinski definition) is 0. The second-order valence-corrected chi connectivity index (χ2v) is 4.91. The van der Waals surface area contributed by atoms with Gasteiger partial charge in [0, 0.05) is 0 Å². The molecule has 0 bridgehead atoms. The summed E-state index contributed by atoms with van der Waals surface area (Å²) < 4.78 is 10.3. The Kier molecular flexibility index (Phi) is 8.17. The van der Waals surface area contributed by atoms with Crippen molar-refractivity contribution in [2.75, 3.05) is 13.2 Å². The van der Waals surface area contributed by atoms with E-state index in [0.29, 0.717) is 24.3 Å². The first-order valence-corrected chi connectivity index (χ1v) is 7.63. The van der Waals surface area contributed by atoms with E-state index in [1.165, 1.54) is 6.07 Å². The highest BCUT2D eigenvalue weighted by Crippen LogP contribution is 2.09. The Morgan fingerprint density at radius 3 is 1.90 bits per heavy atom. The van der Waals surface area contributed by atoms with Gasteiger partial charge in [0.05, 0.1) is 24.3 Å². The number of carbonyl (C=O) groups is 2. The quantitative estimate of drug-likeness (QED) is 0.510. The van der Waals surface area contributed by atoms with Crippen molar-refractivity contribution in [2.24, 2.45) is 0 Å². The molecule has 1 rings (SSSR count). The van der Waals surface area contributed by atoms with Crippen molar-refractivity contribution < 1.29 is 19.1 Å². The van der Waals surface area contributed by atoms with E-state index < -0.39 is 11.9 Å². The van der Waals surface area contributed by atoms with Crippen LogP contribution in [0.2, 0.25) is 0 Å². The summed E-state index contributed by atoms with van der Waals surface area (Å²) >= 11 is 0. The van der Waals surface area contributed by atoms with Crippen molar-refractivity contribution in [3.63, 3.8) is 0 Å². The Hall–Kier alpha value is -1.84. The highest BCUT2D eigenvalue weighted by Gasteiger charge is 2.12. The summed E-state index contributed by atoms with van der Waals surface area (Å²) in [5.41, 5.74) is 0.769. The molecule has 0 aliphatic carbocycles. The summed E-state index contributed by atoms with van der Waals surface area (Å²) in [4.78, 5) is 23.7. The summed E-state index contributed by atoms with van der Waals surface area (Å²) in [7, 11) is 0. The third kappa shape index (κ3) is 6.43. The second kappa shape index (κ2) is 9.97. The highest BCUT2D eigenvalue weighted by atomic mass is 16.5. The van der Waals surface area contributed by atoms with Gasteiger partial charge in [0.25, 0.3) is 0 Å². The average Bonchev–Trinajstić information content (AvgIpc) is 2.51. The molecular weight excluding hydrogens is 268 g/mol. The van der Waals surface area contributed by atoms with Gasteiger partial charge in [-0.3, -0.25) is 0 Å². The molecule has 0 heterocycles. The number of hydrogen-bond acceptors (Lipinski definition) is 4. The zero-order chi connectivity index (χ0) is 15.5. The third-order valence-electron chi connectivity index (χ3n) is 3.05. The van der Waals surface area contributed by atoms with Crippen LogP contribution in [-0.4, -0.2) is 25.2 Å². The van der Waals surface area contributed by atoms with Crippen molar-refractivity contribution in [2.45, 2.75) is 46.0 Å². The molecule has 0 aromatic heterocycles. The predicted octanol–water partition coefficient (Wildman–Crippen LogP) is 3.99. The van der Waals surface area contributed by atoms with E-state index in [-0.39, 0.29) is 0 Å². The van der Waals surface area contributed by atoms with Gasteiger partial charge in [-0.05, 0) is 31.0 Å². The maximum atomic E-state index is 11.9. The lowest BCUT2D eigenvalue weighted by molar-refractivity contribution is 0.0497. The Labute approximate surface area is 126 Å². The fourth-order valence-corrected chi connectivity index (χ4v) is 1.77. The number of ether oxygens (including phenoxy) is 2. The molecule has 0 fully saturated rings. The van der Waals surface area contributed by atoms with Gasteiger partial charge in [-0.15, -0.1) is 0 Å². The van der Waals surface area contributed by atoms with Crippen LogP contribution in [0, 0.1) is 0 Å². The van der Waals surface area contributed by atoms with Crippen LogP contribution in [0.1, 0.15) is 66.7 Å². The highest BCUT2D eigenvalue weighted by molar-refractivity contribution is 5.95. The van der Waals surface area contributed by atoms with Crippen LogP contribution < -0.4 is 0 Å². The minimum absolute atomic E-state index is 0.383. The normalized spacial score (nSPS) is 10.2. The van der Waals surface area contributed by atoms with E-state index in [1.807, 2.05) is 6.92 Å². The molecule has 1 aromatic rings. The third-order valence-corrected chi connectivity index (χ3v) is 3.05. The summed E-state index contributed by atoms with van der Waals surface area (Å²) in [6, 6.07) is 6.47. The summed E-state index contributed by atoms with van der Waals surface area (Å²) in [6.45, 7) is 4.94. The molecule has 0 amide bonds. The fourth-order valence-electron chi connectivity index (χ4n) is 1.77. The first kappa shape index (κ1) is 17.2. The molecule has 0 N–H and O–H groups in total. The Bertz CT molecular complexity index is 454.